The molecule has 0 bridgehead atoms. The van der Waals surface area contributed by atoms with Crippen LogP contribution >= 0.6 is 0 Å². The SMILES string of the molecule is CCCCCCCCCCCOC(=O)c1cc(=O)c2ccc(OC)cc2o1. The second-order valence-corrected chi connectivity index (χ2v) is 6.80. The summed E-state index contributed by atoms with van der Waals surface area (Å²) in [6, 6.07) is 6.08. The van der Waals surface area contributed by atoms with E-state index in [2.05, 4.69) is 6.92 Å². The molecule has 0 N–H and O–H groups in total. The number of ether oxygens (including phenoxy) is 2. The van der Waals surface area contributed by atoms with Gasteiger partial charge in [0.25, 0.3) is 0 Å². The van der Waals surface area contributed by atoms with Crippen molar-refractivity contribution in [2.45, 2.75) is 64.7 Å². The fourth-order valence-electron chi connectivity index (χ4n) is 3.01. The van der Waals surface area contributed by atoms with Crippen LogP contribution in [0.2, 0.25) is 0 Å². The molecule has 1 heterocycles. The normalized spacial score (nSPS) is 10.9. The summed E-state index contributed by atoms with van der Waals surface area (Å²) in [4.78, 5) is 24.3. The lowest BCUT2D eigenvalue weighted by molar-refractivity contribution is 0.0462. The molecule has 148 valence electrons. The van der Waals surface area contributed by atoms with Crippen molar-refractivity contribution < 1.29 is 18.7 Å². The molecule has 0 atom stereocenters. The third-order valence-electron chi connectivity index (χ3n) is 4.62. The molecule has 0 radical (unpaired) electrons. The minimum absolute atomic E-state index is 0.0725. The Hall–Kier alpha value is -2.30. The molecule has 0 spiro atoms. The molecular weight excluding hydrogens is 344 g/mol. The standard InChI is InChI=1S/C22H30O5/c1-3-4-5-6-7-8-9-10-11-14-26-22(24)21-16-19(23)18-13-12-17(25-2)15-20(18)27-21/h12-13,15-16H,3-11,14H2,1-2H3. The predicted octanol–water partition coefficient (Wildman–Crippen LogP) is 5.49. The van der Waals surface area contributed by atoms with Crippen LogP contribution in [-0.4, -0.2) is 19.7 Å². The summed E-state index contributed by atoms with van der Waals surface area (Å²) < 4.78 is 15.9. The zero-order chi connectivity index (χ0) is 19.5. The Labute approximate surface area is 160 Å². The van der Waals surface area contributed by atoms with Gasteiger partial charge in [0, 0.05) is 12.1 Å². The minimum Gasteiger partial charge on any atom is -0.497 e. The van der Waals surface area contributed by atoms with Crippen LogP contribution in [0.5, 0.6) is 5.75 Å². The van der Waals surface area contributed by atoms with Crippen LogP contribution in [0.4, 0.5) is 0 Å². The number of rotatable bonds is 12. The Kier molecular flexibility index (Phi) is 8.89. The van der Waals surface area contributed by atoms with Gasteiger partial charge >= 0.3 is 5.97 Å². The van der Waals surface area contributed by atoms with Gasteiger partial charge in [-0.2, -0.15) is 0 Å². The fraction of sp³-hybridized carbons (Fsp3) is 0.545. The highest BCUT2D eigenvalue weighted by Gasteiger charge is 2.14. The molecule has 2 rings (SSSR count). The summed E-state index contributed by atoms with van der Waals surface area (Å²) in [5, 5.41) is 0.409. The zero-order valence-corrected chi connectivity index (χ0v) is 16.4. The highest BCUT2D eigenvalue weighted by Crippen LogP contribution is 2.19. The van der Waals surface area contributed by atoms with E-state index in [9.17, 15) is 9.59 Å². The molecule has 1 aromatic carbocycles. The molecule has 0 aliphatic heterocycles. The van der Waals surface area contributed by atoms with Gasteiger partial charge in [0.05, 0.1) is 19.1 Å². The molecule has 0 saturated carbocycles. The van der Waals surface area contributed by atoms with E-state index in [0.717, 1.165) is 19.3 Å². The lowest BCUT2D eigenvalue weighted by atomic mass is 10.1. The van der Waals surface area contributed by atoms with Gasteiger partial charge in [-0.3, -0.25) is 4.79 Å². The number of carbonyl (C=O) groups is 1. The second-order valence-electron chi connectivity index (χ2n) is 6.80. The topological polar surface area (TPSA) is 65.7 Å². The molecule has 0 aliphatic rings. The third-order valence-corrected chi connectivity index (χ3v) is 4.62. The smallest absolute Gasteiger partial charge is 0.374 e. The second kappa shape index (κ2) is 11.4. The average molecular weight is 374 g/mol. The minimum atomic E-state index is -0.601. The number of benzene rings is 1. The summed E-state index contributed by atoms with van der Waals surface area (Å²) in [6.07, 6.45) is 10.8. The van der Waals surface area contributed by atoms with Crippen molar-refractivity contribution in [3.63, 3.8) is 0 Å². The van der Waals surface area contributed by atoms with Crippen LogP contribution in [0.3, 0.4) is 0 Å². The van der Waals surface area contributed by atoms with E-state index in [4.69, 9.17) is 13.9 Å². The summed E-state index contributed by atoms with van der Waals surface area (Å²) >= 11 is 0. The van der Waals surface area contributed by atoms with Crippen molar-refractivity contribution in [2.24, 2.45) is 0 Å². The average Bonchev–Trinajstić information content (AvgIpc) is 2.68. The van der Waals surface area contributed by atoms with Gasteiger partial charge in [-0.05, 0) is 18.6 Å². The van der Waals surface area contributed by atoms with Gasteiger partial charge in [-0.25, -0.2) is 4.79 Å². The first-order chi connectivity index (χ1) is 13.2. The van der Waals surface area contributed by atoms with Crippen molar-refractivity contribution in [2.75, 3.05) is 13.7 Å². The largest absolute Gasteiger partial charge is 0.497 e. The van der Waals surface area contributed by atoms with Crippen molar-refractivity contribution in [1.29, 1.82) is 0 Å². The third kappa shape index (κ3) is 6.74. The highest BCUT2D eigenvalue weighted by atomic mass is 16.5. The number of methoxy groups -OCH3 is 1. The molecular formula is C22H30O5. The molecule has 1 aromatic heterocycles. The van der Waals surface area contributed by atoms with Crippen molar-refractivity contribution in [1.82, 2.24) is 0 Å². The van der Waals surface area contributed by atoms with E-state index in [-0.39, 0.29) is 11.2 Å². The van der Waals surface area contributed by atoms with E-state index < -0.39 is 5.97 Å². The first-order valence-electron chi connectivity index (χ1n) is 9.94. The molecule has 5 heteroatoms. The monoisotopic (exact) mass is 374 g/mol. The van der Waals surface area contributed by atoms with Crippen molar-refractivity contribution in [3.8, 4) is 5.75 Å². The van der Waals surface area contributed by atoms with Crippen LogP contribution in [0.15, 0.2) is 33.5 Å². The quantitative estimate of drug-likeness (QED) is 0.363. The molecule has 0 fully saturated rings. The summed E-state index contributed by atoms with van der Waals surface area (Å²) in [5.41, 5.74) is 0.0470. The van der Waals surface area contributed by atoms with Gasteiger partial charge in [0.15, 0.2) is 5.43 Å². The van der Waals surface area contributed by atoms with Crippen LogP contribution in [0.1, 0.15) is 75.3 Å². The maximum atomic E-state index is 12.1. The van der Waals surface area contributed by atoms with Crippen LogP contribution in [-0.2, 0) is 4.74 Å². The summed E-state index contributed by atoms with van der Waals surface area (Å²) in [5.74, 6) is -0.112. The Morgan fingerprint density at radius 3 is 2.30 bits per heavy atom. The number of unbranched alkanes of at least 4 members (excludes halogenated alkanes) is 8. The van der Waals surface area contributed by atoms with Gasteiger partial charge in [0.2, 0.25) is 5.76 Å². The summed E-state index contributed by atoms with van der Waals surface area (Å²) in [7, 11) is 1.53. The van der Waals surface area contributed by atoms with E-state index in [1.807, 2.05) is 0 Å². The van der Waals surface area contributed by atoms with E-state index in [1.165, 1.54) is 51.7 Å². The number of hydrogen-bond donors (Lipinski definition) is 0. The van der Waals surface area contributed by atoms with Gasteiger partial charge in [0.1, 0.15) is 11.3 Å². The lowest BCUT2D eigenvalue weighted by Gasteiger charge is -2.06. The highest BCUT2D eigenvalue weighted by molar-refractivity contribution is 5.89. The number of esters is 1. The molecule has 0 amide bonds. The fourth-order valence-corrected chi connectivity index (χ4v) is 3.01. The van der Waals surface area contributed by atoms with Crippen LogP contribution < -0.4 is 10.2 Å². The number of hydrogen-bond acceptors (Lipinski definition) is 5. The Morgan fingerprint density at radius 2 is 1.63 bits per heavy atom. The maximum Gasteiger partial charge on any atom is 0.374 e. The molecule has 2 aromatic rings. The maximum absolute atomic E-state index is 12.1. The van der Waals surface area contributed by atoms with Gasteiger partial charge < -0.3 is 13.9 Å². The van der Waals surface area contributed by atoms with E-state index in [0.29, 0.717) is 23.3 Å². The summed E-state index contributed by atoms with van der Waals surface area (Å²) in [6.45, 7) is 2.57. The van der Waals surface area contributed by atoms with Gasteiger partial charge in [-0.1, -0.05) is 58.3 Å². The zero-order valence-electron chi connectivity index (χ0n) is 16.4. The van der Waals surface area contributed by atoms with Crippen molar-refractivity contribution in [3.05, 3.63) is 40.2 Å². The molecule has 0 aliphatic carbocycles. The van der Waals surface area contributed by atoms with Crippen LogP contribution in [0, 0.1) is 0 Å². The lowest BCUT2D eigenvalue weighted by Crippen LogP contribution is -2.11. The molecule has 0 unspecified atom stereocenters. The van der Waals surface area contributed by atoms with Gasteiger partial charge in [-0.15, -0.1) is 0 Å². The predicted molar refractivity (Wildman–Crippen MR) is 107 cm³/mol. The van der Waals surface area contributed by atoms with E-state index in [1.54, 1.807) is 18.2 Å². The Bertz CT molecular complexity index is 778. The first kappa shape index (κ1) is 21.0. The first-order valence-corrected chi connectivity index (χ1v) is 9.94. The molecule has 27 heavy (non-hydrogen) atoms. The van der Waals surface area contributed by atoms with Crippen molar-refractivity contribution >= 4 is 16.9 Å². The Balaban J connectivity index is 1.75. The number of carbonyl (C=O) groups excluding carboxylic acids is 1. The van der Waals surface area contributed by atoms with Crippen LogP contribution in [0.25, 0.3) is 11.0 Å². The molecule has 5 nitrogen and oxygen atoms in total. The van der Waals surface area contributed by atoms with E-state index >= 15 is 0 Å². The number of fused-ring (bicyclic) bond motifs is 1. The molecule has 0 saturated heterocycles. The Morgan fingerprint density at radius 1 is 0.963 bits per heavy atom.